The molecule has 0 bridgehead atoms. The second kappa shape index (κ2) is 18.4. The Balaban J connectivity index is 2.93. The molecule has 0 aliphatic heterocycles. The molecule has 0 aliphatic carbocycles. The van der Waals surface area contributed by atoms with E-state index in [0.29, 0.717) is 0 Å². The largest absolute Gasteiger partial charge is 0.829 e. The smallest absolute Gasteiger partial charge is 0.0473 e. The van der Waals surface area contributed by atoms with Crippen molar-refractivity contribution in [3.8, 4) is 0 Å². The van der Waals surface area contributed by atoms with Crippen molar-refractivity contribution in [2.24, 2.45) is 0 Å². The molecule has 0 spiro atoms. The molecule has 128 valence electrons. The van der Waals surface area contributed by atoms with Gasteiger partial charge in [-0.15, -0.1) is 0 Å². The Bertz CT molecular complexity index is 182. The van der Waals surface area contributed by atoms with Crippen molar-refractivity contribution >= 4 is 8.15 Å². The van der Waals surface area contributed by atoms with Crippen molar-refractivity contribution in [1.82, 2.24) is 0 Å². The number of rotatable bonds is 17. The van der Waals surface area contributed by atoms with Crippen LogP contribution in [0.15, 0.2) is 0 Å². The molecule has 1 unspecified atom stereocenters. The minimum absolute atomic E-state index is 0.893. The molecule has 0 saturated heterocycles. The topological polar surface area (TPSA) is 23.1 Å². The fraction of sp³-hybridized carbons (Fsp3) is 1.00. The lowest BCUT2D eigenvalue weighted by Gasteiger charge is -2.16. The van der Waals surface area contributed by atoms with Gasteiger partial charge in [-0.05, 0) is 6.16 Å². The minimum Gasteiger partial charge on any atom is -0.829 e. The Morgan fingerprint density at radius 1 is 0.524 bits per heavy atom. The summed E-state index contributed by atoms with van der Waals surface area (Å²) in [5, 5.41) is 0. The molecule has 0 N–H and O–H groups in total. The molecule has 0 aliphatic rings. The lowest BCUT2D eigenvalue weighted by Crippen LogP contribution is -1.96. The molecule has 0 aromatic rings. The average molecular weight is 316 g/mol. The van der Waals surface area contributed by atoms with E-state index in [-0.39, 0.29) is 0 Å². The van der Waals surface area contributed by atoms with E-state index in [1.807, 2.05) is 6.66 Å². The molecule has 1 atom stereocenters. The van der Waals surface area contributed by atoms with E-state index in [0.717, 1.165) is 6.16 Å². The summed E-state index contributed by atoms with van der Waals surface area (Å²) in [6, 6.07) is 0. The molecule has 2 heteroatoms. The van der Waals surface area contributed by atoms with Crippen LogP contribution in [0, 0.1) is 0 Å². The lowest BCUT2D eigenvalue weighted by molar-refractivity contribution is -0.158. The predicted octanol–water partition coefficient (Wildman–Crippen LogP) is 6.63. The Labute approximate surface area is 136 Å². The van der Waals surface area contributed by atoms with E-state index in [1.165, 1.54) is 103 Å². The summed E-state index contributed by atoms with van der Waals surface area (Å²) >= 11 is 0. The van der Waals surface area contributed by atoms with Gasteiger partial charge in [0.15, 0.2) is 0 Å². The first-order valence-corrected chi connectivity index (χ1v) is 11.5. The van der Waals surface area contributed by atoms with Gasteiger partial charge in [-0.3, -0.25) is 0 Å². The molecule has 0 saturated carbocycles. The summed E-state index contributed by atoms with van der Waals surface area (Å²) in [5.74, 6) is 0. The van der Waals surface area contributed by atoms with Gasteiger partial charge in [0.25, 0.3) is 0 Å². The Hall–Kier alpha value is 0.390. The maximum atomic E-state index is 10.9. The zero-order valence-corrected chi connectivity index (χ0v) is 15.8. The summed E-state index contributed by atoms with van der Waals surface area (Å²) < 4.78 is 0. The van der Waals surface area contributed by atoms with Crippen LogP contribution in [-0.2, 0) is 0 Å². The van der Waals surface area contributed by atoms with Crippen LogP contribution in [-0.4, -0.2) is 12.8 Å². The molecular formula is C19H40OP-. The standard InChI is InChI=1S/C19H40OP/c1-3-4-5-6-7-8-9-10-11-12-13-14-15-16-17-18-19-21(2)20/h3-19H2,1-2H3/q-1. The van der Waals surface area contributed by atoms with Gasteiger partial charge >= 0.3 is 0 Å². The van der Waals surface area contributed by atoms with Crippen LogP contribution >= 0.6 is 8.15 Å². The molecule has 0 heterocycles. The van der Waals surface area contributed by atoms with E-state index >= 15 is 0 Å². The summed E-state index contributed by atoms with van der Waals surface area (Å²) in [6.07, 6.45) is 23.4. The zero-order valence-electron chi connectivity index (χ0n) is 14.9. The van der Waals surface area contributed by atoms with Gasteiger partial charge in [0, 0.05) is 0 Å². The third-order valence-electron chi connectivity index (χ3n) is 4.33. The summed E-state index contributed by atoms with van der Waals surface area (Å²) in [4.78, 5) is 10.9. The van der Waals surface area contributed by atoms with Crippen LogP contribution in [0.1, 0.15) is 110 Å². The van der Waals surface area contributed by atoms with Crippen molar-refractivity contribution in [3.63, 3.8) is 0 Å². The zero-order chi connectivity index (χ0) is 15.6. The highest BCUT2D eigenvalue weighted by molar-refractivity contribution is 7.49. The minimum atomic E-state index is -0.893. The third-order valence-corrected chi connectivity index (χ3v) is 5.27. The van der Waals surface area contributed by atoms with Gasteiger partial charge < -0.3 is 4.89 Å². The van der Waals surface area contributed by atoms with Gasteiger partial charge in [-0.2, -0.15) is 0 Å². The fourth-order valence-electron chi connectivity index (χ4n) is 2.88. The van der Waals surface area contributed by atoms with E-state index in [2.05, 4.69) is 6.92 Å². The van der Waals surface area contributed by atoms with Gasteiger partial charge in [0.1, 0.15) is 0 Å². The summed E-state index contributed by atoms with van der Waals surface area (Å²) in [7, 11) is -0.893. The number of unbranched alkanes of at least 4 members (excludes halogenated alkanes) is 15. The van der Waals surface area contributed by atoms with Crippen LogP contribution in [0.5, 0.6) is 0 Å². The maximum absolute atomic E-state index is 10.9. The maximum Gasteiger partial charge on any atom is -0.0473 e. The number of hydrogen-bond donors (Lipinski definition) is 0. The normalized spacial score (nSPS) is 12.7. The summed E-state index contributed by atoms with van der Waals surface area (Å²) in [6.45, 7) is 4.13. The highest BCUT2D eigenvalue weighted by atomic mass is 31.1. The molecule has 1 nitrogen and oxygen atoms in total. The first kappa shape index (κ1) is 21.4. The molecule has 0 aromatic heterocycles. The van der Waals surface area contributed by atoms with Crippen molar-refractivity contribution in [1.29, 1.82) is 0 Å². The highest BCUT2D eigenvalue weighted by Crippen LogP contribution is 2.20. The number of hydrogen-bond acceptors (Lipinski definition) is 1. The summed E-state index contributed by atoms with van der Waals surface area (Å²) in [5.41, 5.74) is 0. The SMILES string of the molecule is CCCCCCCCCCCCCCCCCCP(C)[O-]. The molecule has 0 amide bonds. The Morgan fingerprint density at radius 2 is 0.810 bits per heavy atom. The Morgan fingerprint density at radius 3 is 1.10 bits per heavy atom. The molecule has 0 fully saturated rings. The first-order valence-electron chi connectivity index (χ1n) is 9.65. The molecular weight excluding hydrogens is 275 g/mol. The molecule has 21 heavy (non-hydrogen) atoms. The molecule has 0 aromatic carbocycles. The lowest BCUT2D eigenvalue weighted by atomic mass is 10.0. The van der Waals surface area contributed by atoms with E-state index in [4.69, 9.17) is 0 Å². The van der Waals surface area contributed by atoms with E-state index in [9.17, 15) is 4.89 Å². The second-order valence-corrected chi connectivity index (χ2v) is 8.36. The van der Waals surface area contributed by atoms with Crippen LogP contribution < -0.4 is 4.89 Å². The Kier molecular flexibility index (Phi) is 18.8. The van der Waals surface area contributed by atoms with Crippen LogP contribution in [0.25, 0.3) is 0 Å². The van der Waals surface area contributed by atoms with E-state index < -0.39 is 8.15 Å². The van der Waals surface area contributed by atoms with Crippen LogP contribution in [0.4, 0.5) is 0 Å². The monoisotopic (exact) mass is 315 g/mol. The fourth-order valence-corrected chi connectivity index (χ4v) is 3.55. The first-order chi connectivity index (χ1) is 10.3. The quantitative estimate of drug-likeness (QED) is 0.218. The van der Waals surface area contributed by atoms with Gasteiger partial charge in [-0.25, -0.2) is 8.15 Å². The van der Waals surface area contributed by atoms with Gasteiger partial charge in [0.05, 0.1) is 0 Å². The van der Waals surface area contributed by atoms with Crippen molar-refractivity contribution < 1.29 is 4.89 Å². The van der Waals surface area contributed by atoms with Crippen molar-refractivity contribution in [3.05, 3.63) is 0 Å². The van der Waals surface area contributed by atoms with E-state index in [1.54, 1.807) is 0 Å². The van der Waals surface area contributed by atoms with Crippen LogP contribution in [0.3, 0.4) is 0 Å². The average Bonchev–Trinajstić information content (AvgIpc) is 2.46. The predicted molar refractivity (Wildman–Crippen MR) is 97.3 cm³/mol. The van der Waals surface area contributed by atoms with Gasteiger partial charge in [-0.1, -0.05) is 116 Å². The molecule has 0 radical (unpaired) electrons. The highest BCUT2D eigenvalue weighted by Gasteiger charge is 1.94. The van der Waals surface area contributed by atoms with Gasteiger partial charge in [0.2, 0.25) is 0 Å². The van der Waals surface area contributed by atoms with Crippen molar-refractivity contribution in [2.45, 2.75) is 110 Å². The molecule has 0 rings (SSSR count). The second-order valence-electron chi connectivity index (χ2n) is 6.65. The van der Waals surface area contributed by atoms with Crippen LogP contribution in [0.2, 0.25) is 0 Å². The third kappa shape index (κ3) is 20.4. The van der Waals surface area contributed by atoms with Crippen molar-refractivity contribution in [2.75, 3.05) is 12.8 Å².